The van der Waals surface area contributed by atoms with Crippen LogP contribution in [0.3, 0.4) is 0 Å². The molecule has 0 saturated heterocycles. The van der Waals surface area contributed by atoms with E-state index in [1.165, 1.54) is 16.7 Å². The number of hydrogen-bond acceptors (Lipinski definition) is 2. The van der Waals surface area contributed by atoms with Crippen LogP contribution in [0, 0.1) is 20.8 Å². The fraction of sp³-hybridized carbons (Fsp3) is 0.292. The number of aryl methyl sites for hydroxylation is 3. The quantitative estimate of drug-likeness (QED) is 0.660. The van der Waals surface area contributed by atoms with Crippen molar-refractivity contribution in [1.29, 1.82) is 0 Å². The van der Waals surface area contributed by atoms with E-state index in [2.05, 4.69) is 38.2 Å². The van der Waals surface area contributed by atoms with Crippen LogP contribution in [-0.2, 0) is 4.79 Å². The first-order chi connectivity index (χ1) is 12.9. The summed E-state index contributed by atoms with van der Waals surface area (Å²) in [6.45, 7) is 10.1. The number of carbonyl (C=O) groups excluding carboxylic acids is 1. The normalized spacial score (nSPS) is 13.2. The molecule has 0 aliphatic rings. The van der Waals surface area contributed by atoms with E-state index in [0.717, 1.165) is 22.1 Å². The van der Waals surface area contributed by atoms with E-state index in [1.54, 1.807) is 6.92 Å². The average Bonchev–Trinajstić information content (AvgIpc) is 2.64. The Bertz CT molecular complexity index is 972. The van der Waals surface area contributed by atoms with Gasteiger partial charge in [0.05, 0.1) is 6.04 Å². The topological polar surface area (TPSA) is 38.3 Å². The molecule has 1 amide bonds. The van der Waals surface area contributed by atoms with Gasteiger partial charge in [0.2, 0.25) is 0 Å². The lowest BCUT2D eigenvalue weighted by molar-refractivity contribution is -0.127. The molecule has 3 rings (SSSR count). The number of nitrogens with one attached hydrogen (secondary N) is 1. The van der Waals surface area contributed by atoms with Crippen molar-refractivity contribution in [1.82, 2.24) is 5.32 Å². The Kier molecular flexibility index (Phi) is 5.50. The molecule has 2 atom stereocenters. The fourth-order valence-corrected chi connectivity index (χ4v) is 3.40. The molecule has 0 unspecified atom stereocenters. The zero-order valence-corrected chi connectivity index (χ0v) is 16.7. The van der Waals surface area contributed by atoms with Crippen LogP contribution < -0.4 is 10.1 Å². The average molecular weight is 361 g/mol. The number of hydrogen-bond donors (Lipinski definition) is 1. The predicted molar refractivity (Wildman–Crippen MR) is 111 cm³/mol. The summed E-state index contributed by atoms with van der Waals surface area (Å²) in [4.78, 5) is 12.7. The van der Waals surface area contributed by atoms with Gasteiger partial charge < -0.3 is 10.1 Å². The molecule has 3 aromatic carbocycles. The summed E-state index contributed by atoms with van der Waals surface area (Å²) in [5.74, 6) is 0.610. The van der Waals surface area contributed by atoms with Gasteiger partial charge in [-0.15, -0.1) is 0 Å². The van der Waals surface area contributed by atoms with E-state index in [4.69, 9.17) is 4.74 Å². The van der Waals surface area contributed by atoms with Crippen molar-refractivity contribution in [2.24, 2.45) is 0 Å². The summed E-state index contributed by atoms with van der Waals surface area (Å²) in [5, 5.41) is 5.20. The highest BCUT2D eigenvalue weighted by atomic mass is 16.5. The number of fused-ring (bicyclic) bond motifs is 1. The Morgan fingerprint density at radius 2 is 1.56 bits per heavy atom. The summed E-state index contributed by atoms with van der Waals surface area (Å²) in [6.07, 6.45) is -0.579. The summed E-state index contributed by atoms with van der Waals surface area (Å²) >= 11 is 0. The van der Waals surface area contributed by atoms with Gasteiger partial charge in [-0.3, -0.25) is 4.79 Å². The highest BCUT2D eigenvalue weighted by Crippen LogP contribution is 2.26. The zero-order valence-electron chi connectivity index (χ0n) is 16.7. The van der Waals surface area contributed by atoms with Gasteiger partial charge in [0, 0.05) is 5.39 Å². The molecular formula is C24H27NO2. The standard InChI is InChI=1S/C24H27NO2/c1-15-13-17(3)22(14-16(15)2)18(4)25-24(26)19(5)27-23-12-8-10-20-9-6-7-11-21(20)23/h6-14,18-19H,1-5H3,(H,25,26)/t18-,19+/m1/s1. The van der Waals surface area contributed by atoms with E-state index in [-0.39, 0.29) is 11.9 Å². The van der Waals surface area contributed by atoms with Gasteiger partial charge >= 0.3 is 0 Å². The van der Waals surface area contributed by atoms with Crippen LogP contribution in [0.25, 0.3) is 10.8 Å². The molecule has 1 N–H and O–H groups in total. The Balaban J connectivity index is 1.73. The number of benzene rings is 3. The molecule has 0 aromatic heterocycles. The van der Waals surface area contributed by atoms with Gasteiger partial charge in [-0.2, -0.15) is 0 Å². The second kappa shape index (κ2) is 7.83. The second-order valence-corrected chi connectivity index (χ2v) is 7.26. The maximum absolute atomic E-state index is 12.7. The van der Waals surface area contributed by atoms with Gasteiger partial charge in [0.15, 0.2) is 6.10 Å². The van der Waals surface area contributed by atoms with Crippen LogP contribution in [-0.4, -0.2) is 12.0 Å². The number of ether oxygens (including phenoxy) is 1. The third kappa shape index (κ3) is 4.13. The molecule has 3 aromatic rings. The van der Waals surface area contributed by atoms with Gasteiger partial charge in [-0.1, -0.05) is 48.5 Å². The Hall–Kier alpha value is -2.81. The van der Waals surface area contributed by atoms with Crippen LogP contribution in [0.5, 0.6) is 5.75 Å². The van der Waals surface area contributed by atoms with Crippen molar-refractivity contribution in [3.63, 3.8) is 0 Å². The van der Waals surface area contributed by atoms with Crippen molar-refractivity contribution in [3.05, 3.63) is 76.9 Å². The van der Waals surface area contributed by atoms with E-state index in [0.29, 0.717) is 0 Å². The second-order valence-electron chi connectivity index (χ2n) is 7.26. The third-order valence-corrected chi connectivity index (χ3v) is 5.13. The zero-order chi connectivity index (χ0) is 19.6. The van der Waals surface area contributed by atoms with Crippen LogP contribution >= 0.6 is 0 Å². The van der Waals surface area contributed by atoms with Crippen LogP contribution in [0.4, 0.5) is 0 Å². The molecule has 3 nitrogen and oxygen atoms in total. The Morgan fingerprint density at radius 3 is 2.33 bits per heavy atom. The van der Waals surface area contributed by atoms with Gasteiger partial charge in [-0.25, -0.2) is 0 Å². The highest BCUT2D eigenvalue weighted by molar-refractivity contribution is 5.89. The summed E-state index contributed by atoms with van der Waals surface area (Å²) < 4.78 is 5.99. The van der Waals surface area contributed by atoms with E-state index in [9.17, 15) is 4.79 Å². The molecule has 0 saturated carbocycles. The maximum atomic E-state index is 12.7. The van der Waals surface area contributed by atoms with Gasteiger partial charge in [0.1, 0.15) is 5.75 Å². The molecule has 140 valence electrons. The lowest BCUT2D eigenvalue weighted by Gasteiger charge is -2.21. The smallest absolute Gasteiger partial charge is 0.261 e. The highest BCUT2D eigenvalue weighted by Gasteiger charge is 2.19. The number of carbonyl (C=O) groups is 1. The molecule has 0 aliphatic heterocycles. The van der Waals surface area contributed by atoms with Crippen molar-refractivity contribution >= 4 is 16.7 Å². The van der Waals surface area contributed by atoms with Crippen molar-refractivity contribution < 1.29 is 9.53 Å². The molecule has 0 heterocycles. The molecule has 0 spiro atoms. The van der Waals surface area contributed by atoms with Gasteiger partial charge in [-0.05, 0) is 68.3 Å². The largest absolute Gasteiger partial charge is 0.480 e. The number of rotatable bonds is 5. The first kappa shape index (κ1) is 19.0. The summed E-state index contributed by atoms with van der Waals surface area (Å²) in [5.41, 5.74) is 4.83. The first-order valence-electron chi connectivity index (χ1n) is 9.39. The monoisotopic (exact) mass is 361 g/mol. The molecule has 0 fully saturated rings. The Morgan fingerprint density at radius 1 is 0.889 bits per heavy atom. The minimum Gasteiger partial charge on any atom is -0.480 e. The SMILES string of the molecule is Cc1cc(C)c([C@@H](C)NC(=O)[C@H](C)Oc2cccc3ccccc23)cc1C. The molecule has 27 heavy (non-hydrogen) atoms. The molecule has 3 heteroatoms. The van der Waals surface area contributed by atoms with E-state index in [1.807, 2.05) is 49.4 Å². The van der Waals surface area contributed by atoms with Crippen molar-refractivity contribution in [2.75, 3.05) is 0 Å². The molecule has 0 bridgehead atoms. The maximum Gasteiger partial charge on any atom is 0.261 e. The third-order valence-electron chi connectivity index (χ3n) is 5.13. The van der Waals surface area contributed by atoms with Crippen LogP contribution in [0.2, 0.25) is 0 Å². The van der Waals surface area contributed by atoms with E-state index >= 15 is 0 Å². The van der Waals surface area contributed by atoms with Crippen molar-refractivity contribution in [2.45, 2.75) is 46.8 Å². The molecule has 0 radical (unpaired) electrons. The fourth-order valence-electron chi connectivity index (χ4n) is 3.40. The Labute approximate surface area is 161 Å². The molecular weight excluding hydrogens is 334 g/mol. The van der Waals surface area contributed by atoms with Gasteiger partial charge in [0.25, 0.3) is 5.91 Å². The van der Waals surface area contributed by atoms with E-state index < -0.39 is 6.10 Å². The summed E-state index contributed by atoms with van der Waals surface area (Å²) in [6, 6.07) is 18.2. The van der Waals surface area contributed by atoms with Crippen molar-refractivity contribution in [3.8, 4) is 5.75 Å². The lowest BCUT2D eigenvalue weighted by atomic mass is 9.96. The lowest BCUT2D eigenvalue weighted by Crippen LogP contribution is -2.38. The minimum atomic E-state index is -0.579. The molecule has 0 aliphatic carbocycles. The minimum absolute atomic E-state index is 0.0737. The summed E-state index contributed by atoms with van der Waals surface area (Å²) in [7, 11) is 0. The van der Waals surface area contributed by atoms with Crippen LogP contribution in [0.15, 0.2) is 54.6 Å². The van der Waals surface area contributed by atoms with Crippen LogP contribution in [0.1, 0.15) is 42.1 Å². The first-order valence-corrected chi connectivity index (χ1v) is 9.39. The predicted octanol–water partition coefficient (Wildman–Crippen LogP) is 5.41. The number of amides is 1.